The second-order valence-corrected chi connectivity index (χ2v) is 6.62. The molecule has 2 aromatic carbocycles. The summed E-state index contributed by atoms with van der Waals surface area (Å²) in [5, 5.41) is 0.906. The van der Waals surface area contributed by atoms with Crippen LogP contribution in [-0.4, -0.2) is 13.4 Å². The smallest absolute Gasteiger partial charge is 0.264 e. The molecule has 0 aliphatic carbocycles. The van der Waals surface area contributed by atoms with Crippen LogP contribution in [-0.2, 0) is 10.0 Å². The quantitative estimate of drug-likeness (QED) is 0.728. The Kier molecular flexibility index (Phi) is 3.46. The van der Waals surface area contributed by atoms with Crippen molar-refractivity contribution in [3.05, 3.63) is 60.3 Å². The van der Waals surface area contributed by atoms with Crippen molar-refractivity contribution >= 4 is 32.3 Å². The Morgan fingerprint density at radius 1 is 1.05 bits per heavy atom. The molecule has 0 saturated carbocycles. The summed E-state index contributed by atoms with van der Waals surface area (Å²) < 4.78 is 27.6. The molecule has 22 heavy (non-hydrogen) atoms. The van der Waals surface area contributed by atoms with E-state index in [9.17, 15) is 8.42 Å². The van der Waals surface area contributed by atoms with Gasteiger partial charge in [0.05, 0.1) is 16.9 Å². The molecule has 112 valence electrons. The SMILES string of the molecule is Cc1ccc(NS(=O)(=O)c2ccccc2N)c2ncccc12. The predicted octanol–water partition coefficient (Wildman–Crippen LogP) is 2.93. The molecule has 3 N–H and O–H groups in total. The van der Waals surface area contributed by atoms with Gasteiger partial charge in [-0.3, -0.25) is 9.71 Å². The third kappa shape index (κ3) is 2.48. The second kappa shape index (κ2) is 5.31. The molecule has 1 aromatic heterocycles. The normalized spacial score (nSPS) is 11.5. The molecule has 0 amide bonds. The summed E-state index contributed by atoms with van der Waals surface area (Å²) in [5.74, 6) is 0. The van der Waals surface area contributed by atoms with Gasteiger partial charge in [-0.2, -0.15) is 0 Å². The van der Waals surface area contributed by atoms with E-state index in [1.54, 1.807) is 30.5 Å². The fraction of sp³-hybridized carbons (Fsp3) is 0.0625. The summed E-state index contributed by atoms with van der Waals surface area (Å²) in [7, 11) is -3.76. The van der Waals surface area contributed by atoms with E-state index in [-0.39, 0.29) is 10.6 Å². The zero-order valence-corrected chi connectivity index (χ0v) is 12.8. The van der Waals surface area contributed by atoms with Gasteiger partial charge in [0.1, 0.15) is 4.90 Å². The number of hydrogen-bond donors (Lipinski definition) is 2. The molecule has 0 unspecified atom stereocenters. The number of nitrogen functional groups attached to an aromatic ring is 1. The number of para-hydroxylation sites is 1. The summed E-state index contributed by atoms with van der Waals surface area (Å²) in [4.78, 5) is 4.34. The molecule has 3 aromatic rings. The first kappa shape index (κ1) is 14.3. The highest BCUT2D eigenvalue weighted by Gasteiger charge is 2.18. The number of nitrogens with two attached hydrogens (primary N) is 1. The van der Waals surface area contributed by atoms with Crippen LogP contribution in [0.1, 0.15) is 5.56 Å². The lowest BCUT2D eigenvalue weighted by Gasteiger charge is -2.12. The Morgan fingerprint density at radius 3 is 2.59 bits per heavy atom. The van der Waals surface area contributed by atoms with Crippen LogP contribution in [0.5, 0.6) is 0 Å². The van der Waals surface area contributed by atoms with E-state index in [2.05, 4.69) is 9.71 Å². The monoisotopic (exact) mass is 313 g/mol. The van der Waals surface area contributed by atoms with Crippen LogP contribution in [0, 0.1) is 6.92 Å². The van der Waals surface area contributed by atoms with Crippen molar-refractivity contribution in [1.29, 1.82) is 0 Å². The molecule has 0 spiro atoms. The maximum atomic E-state index is 12.5. The van der Waals surface area contributed by atoms with Crippen LogP contribution in [0.2, 0.25) is 0 Å². The summed E-state index contributed by atoms with van der Waals surface area (Å²) in [6.07, 6.45) is 1.64. The highest BCUT2D eigenvalue weighted by atomic mass is 32.2. The number of aryl methyl sites for hydroxylation is 1. The van der Waals surface area contributed by atoms with Gasteiger partial charge in [-0.05, 0) is 36.8 Å². The van der Waals surface area contributed by atoms with Crippen molar-refractivity contribution in [3.8, 4) is 0 Å². The Labute approximate surface area is 128 Å². The molecular formula is C16H15N3O2S. The standard InChI is InChI=1S/C16H15N3O2S/c1-11-8-9-14(16-12(11)5-4-10-18-16)19-22(20,21)15-7-3-2-6-13(15)17/h2-10,19H,17H2,1H3. The number of nitrogens with zero attached hydrogens (tertiary/aromatic N) is 1. The number of rotatable bonds is 3. The van der Waals surface area contributed by atoms with Gasteiger partial charge < -0.3 is 5.73 Å². The van der Waals surface area contributed by atoms with E-state index in [1.165, 1.54) is 6.07 Å². The zero-order valence-electron chi connectivity index (χ0n) is 11.9. The summed E-state index contributed by atoms with van der Waals surface area (Å²) in [6, 6.07) is 13.7. The minimum atomic E-state index is -3.76. The van der Waals surface area contributed by atoms with E-state index in [4.69, 9.17) is 5.73 Å². The van der Waals surface area contributed by atoms with Gasteiger partial charge in [0, 0.05) is 11.6 Å². The van der Waals surface area contributed by atoms with Crippen molar-refractivity contribution in [2.24, 2.45) is 0 Å². The fourth-order valence-electron chi connectivity index (χ4n) is 2.32. The van der Waals surface area contributed by atoms with Crippen molar-refractivity contribution in [1.82, 2.24) is 4.98 Å². The van der Waals surface area contributed by atoms with Gasteiger partial charge in [-0.15, -0.1) is 0 Å². The summed E-state index contributed by atoms with van der Waals surface area (Å²) in [6.45, 7) is 1.96. The van der Waals surface area contributed by atoms with Crippen LogP contribution in [0.25, 0.3) is 10.9 Å². The first-order valence-electron chi connectivity index (χ1n) is 6.71. The molecule has 0 fully saturated rings. The van der Waals surface area contributed by atoms with Crippen molar-refractivity contribution in [2.75, 3.05) is 10.5 Å². The first-order valence-corrected chi connectivity index (χ1v) is 8.19. The third-order valence-electron chi connectivity index (χ3n) is 3.44. The van der Waals surface area contributed by atoms with Crippen molar-refractivity contribution in [2.45, 2.75) is 11.8 Å². The van der Waals surface area contributed by atoms with Gasteiger partial charge in [-0.1, -0.05) is 24.3 Å². The van der Waals surface area contributed by atoms with Gasteiger partial charge in [0.15, 0.2) is 0 Å². The molecule has 0 saturated heterocycles. The molecule has 0 aliphatic heterocycles. The van der Waals surface area contributed by atoms with Gasteiger partial charge in [-0.25, -0.2) is 8.42 Å². The number of nitrogens with one attached hydrogen (secondary N) is 1. The van der Waals surface area contributed by atoms with Gasteiger partial charge in [0.2, 0.25) is 0 Å². The number of sulfonamides is 1. The van der Waals surface area contributed by atoms with E-state index in [1.807, 2.05) is 25.1 Å². The topological polar surface area (TPSA) is 85.1 Å². The first-order chi connectivity index (χ1) is 10.5. The Balaban J connectivity index is 2.11. The highest BCUT2D eigenvalue weighted by Crippen LogP contribution is 2.27. The zero-order chi connectivity index (χ0) is 15.7. The maximum Gasteiger partial charge on any atom is 0.264 e. The van der Waals surface area contributed by atoms with E-state index >= 15 is 0 Å². The fourth-order valence-corrected chi connectivity index (χ4v) is 3.52. The lowest BCUT2D eigenvalue weighted by Crippen LogP contribution is -2.15. The molecule has 0 radical (unpaired) electrons. The lowest BCUT2D eigenvalue weighted by molar-refractivity contribution is 0.601. The van der Waals surface area contributed by atoms with Crippen molar-refractivity contribution < 1.29 is 8.42 Å². The Morgan fingerprint density at radius 2 is 1.82 bits per heavy atom. The Bertz CT molecular complexity index is 953. The number of fused-ring (bicyclic) bond motifs is 1. The van der Waals surface area contributed by atoms with Gasteiger partial charge >= 0.3 is 0 Å². The average molecular weight is 313 g/mol. The molecule has 5 nitrogen and oxygen atoms in total. The number of benzene rings is 2. The molecule has 0 atom stereocenters. The number of hydrogen-bond acceptors (Lipinski definition) is 4. The summed E-state index contributed by atoms with van der Waals surface area (Å²) >= 11 is 0. The Hall–Kier alpha value is -2.60. The van der Waals surface area contributed by atoms with Gasteiger partial charge in [0.25, 0.3) is 10.0 Å². The maximum absolute atomic E-state index is 12.5. The van der Waals surface area contributed by atoms with Crippen LogP contribution < -0.4 is 10.5 Å². The van der Waals surface area contributed by atoms with E-state index in [0.717, 1.165) is 10.9 Å². The summed E-state index contributed by atoms with van der Waals surface area (Å²) in [5.41, 5.74) is 8.05. The van der Waals surface area contributed by atoms with E-state index in [0.29, 0.717) is 11.2 Å². The third-order valence-corrected chi connectivity index (χ3v) is 4.88. The highest BCUT2D eigenvalue weighted by molar-refractivity contribution is 7.93. The molecule has 6 heteroatoms. The molecule has 1 heterocycles. The molecular weight excluding hydrogens is 298 g/mol. The minimum Gasteiger partial charge on any atom is -0.398 e. The molecule has 0 bridgehead atoms. The van der Waals surface area contributed by atoms with Crippen LogP contribution in [0.4, 0.5) is 11.4 Å². The number of pyridine rings is 1. The van der Waals surface area contributed by atoms with Crippen LogP contribution >= 0.6 is 0 Å². The second-order valence-electron chi connectivity index (χ2n) is 4.97. The van der Waals surface area contributed by atoms with Crippen LogP contribution in [0.15, 0.2) is 59.6 Å². The molecule has 3 rings (SSSR count). The number of anilines is 2. The van der Waals surface area contributed by atoms with Crippen molar-refractivity contribution in [3.63, 3.8) is 0 Å². The predicted molar refractivity (Wildman–Crippen MR) is 88.1 cm³/mol. The number of aromatic nitrogens is 1. The van der Waals surface area contributed by atoms with E-state index < -0.39 is 10.0 Å². The average Bonchev–Trinajstić information content (AvgIpc) is 2.50. The van der Waals surface area contributed by atoms with Crippen LogP contribution in [0.3, 0.4) is 0 Å². The minimum absolute atomic E-state index is 0.0552. The largest absolute Gasteiger partial charge is 0.398 e. The lowest BCUT2D eigenvalue weighted by atomic mass is 10.1. The molecule has 0 aliphatic rings.